The van der Waals surface area contributed by atoms with E-state index in [0.29, 0.717) is 0 Å². The molecule has 108 heavy (non-hydrogen) atoms. The van der Waals surface area contributed by atoms with Crippen molar-refractivity contribution >= 4 is 86.7 Å². The van der Waals surface area contributed by atoms with Gasteiger partial charge in [0.15, 0.2) is 0 Å². The minimum Gasteiger partial charge on any atom is -0.309 e. The SMILES string of the molecule is Cc1cc2c(-c3ccc(-c4ccc(-c5ccccc5)cc4)cc3)c3ccccc3c(-c3ccc(-c4ccc5c(c4)c4ccccc4n5-c4ccccc4)cc3)c2cc1C.Cc1cc2c(-c3ccccc3)c3cc(C)c(C)cc3c(-c3ccc(-c4ccc5c(c4)c4ccccc4n5-c4ccccc4)cc3)c2cc1C. The highest BCUT2D eigenvalue weighted by molar-refractivity contribution is 6.24. The zero-order chi connectivity index (χ0) is 72.7. The predicted molar refractivity (Wildman–Crippen MR) is 463 cm³/mol. The standard InChI is InChI=1S/C58H41N.C48H37N/c1-38-35-53-54(36-39(38)2)58(46-31-27-44(28-32-46)47-33-34-56-52(37-47)49-17-11-12-20-55(49)59(56)48-15-7-4-8-16-48)51-19-10-9-18-50(51)57(53)45-29-25-43(26-30-45)42-23-21-41(22-24-42)40-13-5-3-6-14-40;1-30-25-41-43(27-32(30)3)48(44-28-33(4)31(2)26-42(44)47(41)35-13-7-5-8-14-35)36-21-19-34(20-22-36)37-23-24-46-40(29-37)39-17-11-12-18-45(39)49(46)38-15-9-6-10-16-38/h3-37H,1-2H3;5-29H,1-4H3. The van der Waals surface area contributed by atoms with Gasteiger partial charge < -0.3 is 9.13 Å². The van der Waals surface area contributed by atoms with Crippen molar-refractivity contribution in [2.75, 3.05) is 0 Å². The molecular weight excluding hydrogens is 1300 g/mol. The second kappa shape index (κ2) is 26.9. The summed E-state index contributed by atoms with van der Waals surface area (Å²) in [4.78, 5) is 0. The van der Waals surface area contributed by atoms with E-state index in [-0.39, 0.29) is 0 Å². The number of para-hydroxylation sites is 4. The van der Waals surface area contributed by atoms with Crippen LogP contribution in [-0.4, -0.2) is 9.13 Å². The molecule has 0 saturated carbocycles. The van der Waals surface area contributed by atoms with Gasteiger partial charge in [0.05, 0.1) is 22.1 Å². The van der Waals surface area contributed by atoms with E-state index in [0.717, 1.165) is 0 Å². The Bertz CT molecular complexity index is 6810. The van der Waals surface area contributed by atoms with E-state index in [4.69, 9.17) is 0 Å². The number of hydrogen-bond donors (Lipinski definition) is 0. The fourth-order valence-electron chi connectivity index (χ4n) is 17.0. The lowest BCUT2D eigenvalue weighted by Crippen LogP contribution is -1.95. The van der Waals surface area contributed by atoms with Gasteiger partial charge in [-0.1, -0.05) is 303 Å². The van der Waals surface area contributed by atoms with E-state index >= 15 is 0 Å². The Morgan fingerprint density at radius 1 is 0.139 bits per heavy atom. The quantitative estimate of drug-likeness (QED) is 0.121. The third kappa shape index (κ3) is 11.4. The van der Waals surface area contributed by atoms with Gasteiger partial charge in [0.25, 0.3) is 0 Å². The maximum absolute atomic E-state index is 2.41. The van der Waals surface area contributed by atoms with Crippen LogP contribution in [0.5, 0.6) is 0 Å². The molecule has 2 heterocycles. The molecule has 0 saturated heterocycles. The van der Waals surface area contributed by atoms with Crippen LogP contribution in [0.15, 0.2) is 364 Å². The molecule has 20 rings (SSSR count). The Morgan fingerprint density at radius 2 is 0.343 bits per heavy atom. The van der Waals surface area contributed by atoms with Crippen LogP contribution in [0.2, 0.25) is 0 Å². The van der Waals surface area contributed by atoms with Crippen molar-refractivity contribution < 1.29 is 0 Å². The van der Waals surface area contributed by atoms with E-state index in [2.05, 4.69) is 415 Å². The Balaban J connectivity index is 0.000000150. The van der Waals surface area contributed by atoms with Gasteiger partial charge in [0, 0.05) is 32.9 Å². The van der Waals surface area contributed by atoms with Gasteiger partial charge >= 0.3 is 0 Å². The molecule has 0 fully saturated rings. The van der Waals surface area contributed by atoms with Crippen LogP contribution in [0.4, 0.5) is 0 Å². The summed E-state index contributed by atoms with van der Waals surface area (Å²) < 4.78 is 4.75. The summed E-state index contributed by atoms with van der Waals surface area (Å²) >= 11 is 0. The summed E-state index contributed by atoms with van der Waals surface area (Å²) in [7, 11) is 0. The number of nitrogens with zero attached hydrogens (tertiary/aromatic N) is 2. The number of benzene rings is 18. The zero-order valence-corrected chi connectivity index (χ0v) is 61.5. The molecule has 0 bridgehead atoms. The van der Waals surface area contributed by atoms with Gasteiger partial charge in [-0.3, -0.25) is 0 Å². The molecule has 0 aliphatic heterocycles. The Kier molecular flexibility index (Phi) is 16.3. The third-order valence-electron chi connectivity index (χ3n) is 22.9. The number of rotatable bonds is 10. The summed E-state index contributed by atoms with van der Waals surface area (Å²) in [6.07, 6.45) is 0. The molecule has 2 aromatic heterocycles. The average molecular weight is 1380 g/mol. The summed E-state index contributed by atoms with van der Waals surface area (Å²) in [6, 6.07) is 134. The Labute approximate surface area is 631 Å². The van der Waals surface area contributed by atoms with Crippen LogP contribution in [0, 0.1) is 41.5 Å². The normalized spacial score (nSPS) is 11.6. The first kappa shape index (κ1) is 65.4. The van der Waals surface area contributed by atoms with Crippen molar-refractivity contribution in [1.82, 2.24) is 9.13 Å². The molecule has 0 radical (unpaired) electrons. The topological polar surface area (TPSA) is 9.86 Å². The Hall–Kier alpha value is -13.4. The minimum absolute atomic E-state index is 1.17. The highest BCUT2D eigenvalue weighted by atomic mass is 15.0. The fourth-order valence-corrected chi connectivity index (χ4v) is 17.0. The van der Waals surface area contributed by atoms with Crippen LogP contribution >= 0.6 is 0 Å². The van der Waals surface area contributed by atoms with Gasteiger partial charge in [0.2, 0.25) is 0 Å². The lowest BCUT2D eigenvalue weighted by molar-refractivity contribution is 1.18. The molecule has 0 aliphatic rings. The average Bonchev–Trinajstić information content (AvgIpc) is 1.09. The third-order valence-corrected chi connectivity index (χ3v) is 22.9. The molecule has 512 valence electrons. The first-order chi connectivity index (χ1) is 53.0. The summed E-state index contributed by atoms with van der Waals surface area (Å²) in [5.74, 6) is 0. The summed E-state index contributed by atoms with van der Waals surface area (Å²) in [5.41, 5.74) is 35.0. The van der Waals surface area contributed by atoms with E-state index in [1.807, 2.05) is 0 Å². The largest absolute Gasteiger partial charge is 0.309 e. The van der Waals surface area contributed by atoms with E-state index in [1.165, 1.54) is 220 Å². The molecule has 0 atom stereocenters. The number of aromatic nitrogens is 2. The van der Waals surface area contributed by atoms with Gasteiger partial charge in [-0.25, -0.2) is 0 Å². The highest BCUT2D eigenvalue weighted by Crippen LogP contribution is 2.49. The molecule has 0 N–H and O–H groups in total. The number of aryl methyl sites for hydroxylation is 6. The molecule has 0 unspecified atom stereocenters. The predicted octanol–water partition coefficient (Wildman–Crippen LogP) is 29.4. The van der Waals surface area contributed by atoms with Crippen LogP contribution in [0.25, 0.3) is 187 Å². The second-order valence-corrected chi connectivity index (χ2v) is 29.4. The smallest absolute Gasteiger partial charge is 0.0541 e. The van der Waals surface area contributed by atoms with Crippen molar-refractivity contribution in [1.29, 1.82) is 0 Å². The zero-order valence-electron chi connectivity index (χ0n) is 61.5. The summed E-state index contributed by atoms with van der Waals surface area (Å²) in [6.45, 7) is 13.4. The molecule has 0 spiro atoms. The van der Waals surface area contributed by atoms with Crippen LogP contribution in [0.3, 0.4) is 0 Å². The number of fused-ring (bicyclic) bond motifs is 10. The highest BCUT2D eigenvalue weighted by Gasteiger charge is 2.23. The van der Waals surface area contributed by atoms with Gasteiger partial charge in [-0.05, 0) is 268 Å². The van der Waals surface area contributed by atoms with Gasteiger partial charge in [-0.15, -0.1) is 0 Å². The Morgan fingerprint density at radius 3 is 0.657 bits per heavy atom. The second-order valence-electron chi connectivity index (χ2n) is 29.4. The first-order valence-electron chi connectivity index (χ1n) is 37.7. The number of hydrogen-bond acceptors (Lipinski definition) is 0. The van der Waals surface area contributed by atoms with Crippen LogP contribution in [0.1, 0.15) is 33.4 Å². The minimum atomic E-state index is 1.17. The van der Waals surface area contributed by atoms with Crippen molar-refractivity contribution in [3.63, 3.8) is 0 Å². The maximum Gasteiger partial charge on any atom is 0.0541 e. The maximum atomic E-state index is 2.41. The molecule has 0 aliphatic carbocycles. The molecule has 18 aromatic carbocycles. The fraction of sp³-hybridized carbons (Fsp3) is 0.0566. The molecule has 2 nitrogen and oxygen atoms in total. The first-order valence-corrected chi connectivity index (χ1v) is 37.7. The van der Waals surface area contributed by atoms with Crippen molar-refractivity contribution in [2.45, 2.75) is 41.5 Å². The van der Waals surface area contributed by atoms with Crippen molar-refractivity contribution in [3.8, 4) is 100 Å². The van der Waals surface area contributed by atoms with Gasteiger partial charge in [-0.2, -0.15) is 0 Å². The monoisotopic (exact) mass is 1380 g/mol. The lowest BCUT2D eigenvalue weighted by atomic mass is 9.83. The van der Waals surface area contributed by atoms with Crippen molar-refractivity contribution in [2.24, 2.45) is 0 Å². The van der Waals surface area contributed by atoms with Crippen LogP contribution < -0.4 is 0 Å². The molecular formula is C106H78N2. The van der Waals surface area contributed by atoms with Crippen LogP contribution in [-0.2, 0) is 0 Å². The van der Waals surface area contributed by atoms with E-state index < -0.39 is 0 Å². The van der Waals surface area contributed by atoms with Gasteiger partial charge in [0.1, 0.15) is 0 Å². The van der Waals surface area contributed by atoms with E-state index in [1.54, 1.807) is 0 Å². The molecule has 2 heteroatoms. The molecule has 0 amide bonds. The van der Waals surface area contributed by atoms with E-state index in [9.17, 15) is 0 Å². The molecule has 20 aromatic rings. The van der Waals surface area contributed by atoms with Crippen molar-refractivity contribution in [3.05, 3.63) is 397 Å². The lowest BCUT2D eigenvalue weighted by Gasteiger charge is -2.20. The summed E-state index contributed by atoms with van der Waals surface area (Å²) in [5, 5.41) is 15.4.